The lowest BCUT2D eigenvalue weighted by Crippen LogP contribution is -2.31. The quantitative estimate of drug-likeness (QED) is 0.752. The maximum atomic E-state index is 11.6. The summed E-state index contributed by atoms with van der Waals surface area (Å²) < 4.78 is 0. The van der Waals surface area contributed by atoms with Crippen molar-refractivity contribution in [1.29, 1.82) is 0 Å². The van der Waals surface area contributed by atoms with Gasteiger partial charge in [0.1, 0.15) is 0 Å². The van der Waals surface area contributed by atoms with Crippen LogP contribution in [0, 0.1) is 5.92 Å². The van der Waals surface area contributed by atoms with Crippen molar-refractivity contribution in [1.82, 2.24) is 10.3 Å². The predicted octanol–water partition coefficient (Wildman–Crippen LogP) is 1.94. The third-order valence-electron chi connectivity index (χ3n) is 3.29. The van der Waals surface area contributed by atoms with Crippen molar-refractivity contribution in [2.45, 2.75) is 19.8 Å². The first-order valence-electron chi connectivity index (χ1n) is 6.62. The summed E-state index contributed by atoms with van der Waals surface area (Å²) >= 11 is 0. The van der Waals surface area contributed by atoms with Crippen LogP contribution < -0.4 is 5.32 Å². The third kappa shape index (κ3) is 3.60. The number of aryl methyl sites for hydroxylation is 1. The lowest BCUT2D eigenvalue weighted by molar-refractivity contribution is -0.141. The average Bonchev–Trinajstić information content (AvgIpc) is 2.89. The van der Waals surface area contributed by atoms with Gasteiger partial charge in [0, 0.05) is 24.7 Å². The Bertz CT molecular complexity index is 618. The fraction of sp³-hybridized carbons (Fsp3) is 0.333. The maximum absolute atomic E-state index is 11.6. The number of carboxylic acids is 1. The molecule has 1 unspecified atom stereocenters. The molecular formula is C15H18N2O3. The summed E-state index contributed by atoms with van der Waals surface area (Å²) in [6.45, 7) is 1.74. The van der Waals surface area contributed by atoms with Crippen molar-refractivity contribution in [2.75, 3.05) is 6.54 Å². The van der Waals surface area contributed by atoms with E-state index < -0.39 is 11.9 Å². The van der Waals surface area contributed by atoms with Crippen molar-refractivity contribution in [3.05, 3.63) is 36.0 Å². The molecule has 0 aliphatic carbocycles. The van der Waals surface area contributed by atoms with E-state index >= 15 is 0 Å². The Hall–Kier alpha value is -2.30. The smallest absolute Gasteiger partial charge is 0.308 e. The van der Waals surface area contributed by atoms with Gasteiger partial charge in [-0.2, -0.15) is 0 Å². The van der Waals surface area contributed by atoms with Crippen molar-refractivity contribution in [3.8, 4) is 0 Å². The summed E-state index contributed by atoms with van der Waals surface area (Å²) in [6, 6.07) is 8.04. The summed E-state index contributed by atoms with van der Waals surface area (Å²) in [5.74, 6) is -1.58. The Morgan fingerprint density at radius 2 is 2.15 bits per heavy atom. The molecule has 20 heavy (non-hydrogen) atoms. The number of carboxylic acid groups (broad SMARTS) is 1. The Morgan fingerprint density at radius 1 is 1.35 bits per heavy atom. The monoisotopic (exact) mass is 274 g/mol. The van der Waals surface area contributed by atoms with Crippen LogP contribution in [-0.4, -0.2) is 28.5 Å². The summed E-state index contributed by atoms with van der Waals surface area (Å²) in [6.07, 6.45) is 2.89. The number of hydrogen-bond donors (Lipinski definition) is 3. The second-order valence-corrected chi connectivity index (χ2v) is 4.94. The lowest BCUT2D eigenvalue weighted by Gasteiger charge is -2.08. The topological polar surface area (TPSA) is 82.2 Å². The van der Waals surface area contributed by atoms with Crippen LogP contribution in [0.1, 0.15) is 18.9 Å². The second kappa shape index (κ2) is 6.23. The molecule has 0 fully saturated rings. The van der Waals surface area contributed by atoms with Gasteiger partial charge in [0.15, 0.2) is 0 Å². The Kier molecular flexibility index (Phi) is 4.40. The average molecular weight is 274 g/mol. The highest BCUT2D eigenvalue weighted by Gasteiger charge is 2.12. The zero-order valence-electron chi connectivity index (χ0n) is 11.3. The molecule has 0 aliphatic heterocycles. The molecule has 1 atom stereocenters. The molecule has 3 N–H and O–H groups in total. The molecule has 5 heteroatoms. The fourth-order valence-electron chi connectivity index (χ4n) is 1.96. The molecule has 1 aromatic carbocycles. The maximum Gasteiger partial charge on any atom is 0.308 e. The molecule has 2 rings (SSSR count). The van der Waals surface area contributed by atoms with Crippen LogP contribution in [-0.2, 0) is 16.0 Å². The van der Waals surface area contributed by atoms with Gasteiger partial charge in [-0.15, -0.1) is 0 Å². The zero-order chi connectivity index (χ0) is 14.5. The molecule has 106 valence electrons. The Balaban J connectivity index is 1.82. The van der Waals surface area contributed by atoms with E-state index in [2.05, 4.69) is 16.4 Å². The molecule has 0 aliphatic rings. The molecule has 0 bridgehead atoms. The molecular weight excluding hydrogens is 256 g/mol. The van der Waals surface area contributed by atoms with Gasteiger partial charge in [-0.1, -0.05) is 13.0 Å². The largest absolute Gasteiger partial charge is 0.481 e. The van der Waals surface area contributed by atoms with Crippen LogP contribution in [0.3, 0.4) is 0 Å². The number of carbonyl (C=O) groups is 2. The van der Waals surface area contributed by atoms with E-state index in [1.807, 2.05) is 24.4 Å². The van der Waals surface area contributed by atoms with Gasteiger partial charge in [-0.05, 0) is 35.6 Å². The van der Waals surface area contributed by atoms with Gasteiger partial charge in [0.25, 0.3) is 0 Å². The van der Waals surface area contributed by atoms with Gasteiger partial charge in [-0.3, -0.25) is 9.59 Å². The number of benzene rings is 1. The number of carbonyl (C=O) groups excluding carboxylic acids is 1. The first kappa shape index (κ1) is 14.1. The molecule has 0 saturated carbocycles. The van der Waals surface area contributed by atoms with E-state index in [-0.39, 0.29) is 12.5 Å². The lowest BCUT2D eigenvalue weighted by atomic mass is 10.1. The minimum Gasteiger partial charge on any atom is -0.481 e. The number of hydrogen-bond acceptors (Lipinski definition) is 2. The summed E-state index contributed by atoms with van der Waals surface area (Å²) in [5.41, 5.74) is 2.17. The number of rotatable bonds is 6. The van der Waals surface area contributed by atoms with E-state index in [1.54, 1.807) is 6.92 Å². The molecule has 1 aromatic heterocycles. The highest BCUT2D eigenvalue weighted by Crippen LogP contribution is 2.15. The molecule has 5 nitrogen and oxygen atoms in total. The van der Waals surface area contributed by atoms with E-state index in [0.29, 0.717) is 12.8 Å². The Labute approximate surface area is 117 Å². The number of H-pyrrole nitrogens is 1. The molecule has 2 aromatic rings. The second-order valence-electron chi connectivity index (χ2n) is 4.94. The molecule has 0 spiro atoms. The summed E-state index contributed by atoms with van der Waals surface area (Å²) in [5, 5.41) is 12.5. The molecule has 1 heterocycles. The summed E-state index contributed by atoms with van der Waals surface area (Å²) in [4.78, 5) is 25.4. The van der Waals surface area contributed by atoms with E-state index in [4.69, 9.17) is 5.11 Å². The number of aromatic amines is 1. The van der Waals surface area contributed by atoms with Crippen LogP contribution in [0.25, 0.3) is 10.9 Å². The fourth-order valence-corrected chi connectivity index (χ4v) is 1.96. The number of aromatic nitrogens is 1. The van der Waals surface area contributed by atoms with Gasteiger partial charge in [0.05, 0.1) is 5.92 Å². The van der Waals surface area contributed by atoms with Crippen LogP contribution in [0.4, 0.5) is 0 Å². The van der Waals surface area contributed by atoms with Gasteiger partial charge < -0.3 is 15.4 Å². The number of amides is 1. The highest BCUT2D eigenvalue weighted by atomic mass is 16.4. The van der Waals surface area contributed by atoms with Crippen molar-refractivity contribution in [3.63, 3.8) is 0 Å². The van der Waals surface area contributed by atoms with Crippen LogP contribution in [0.2, 0.25) is 0 Å². The van der Waals surface area contributed by atoms with Crippen LogP contribution in [0.5, 0.6) is 0 Å². The first-order valence-corrected chi connectivity index (χ1v) is 6.62. The van der Waals surface area contributed by atoms with Crippen LogP contribution >= 0.6 is 0 Å². The zero-order valence-corrected chi connectivity index (χ0v) is 11.3. The van der Waals surface area contributed by atoms with E-state index in [9.17, 15) is 9.59 Å². The van der Waals surface area contributed by atoms with Crippen molar-refractivity contribution >= 4 is 22.8 Å². The normalized spacial score (nSPS) is 12.2. The molecule has 0 saturated heterocycles. The van der Waals surface area contributed by atoms with E-state index in [1.165, 1.54) is 0 Å². The van der Waals surface area contributed by atoms with Gasteiger partial charge in [-0.25, -0.2) is 0 Å². The Morgan fingerprint density at radius 3 is 2.90 bits per heavy atom. The standard InChI is InChI=1S/C15H18N2O3/c1-10(15(19)20)9-17-14(18)5-3-11-2-4-13-12(8-11)6-7-16-13/h2,4,6-8,10,16H,3,5,9H2,1H3,(H,17,18)(H,19,20). The number of aliphatic carboxylic acids is 1. The minimum atomic E-state index is -0.900. The minimum absolute atomic E-state index is 0.118. The van der Waals surface area contributed by atoms with Crippen LogP contribution in [0.15, 0.2) is 30.5 Å². The van der Waals surface area contributed by atoms with Crippen molar-refractivity contribution in [2.24, 2.45) is 5.92 Å². The summed E-state index contributed by atoms with van der Waals surface area (Å²) in [7, 11) is 0. The third-order valence-corrected chi connectivity index (χ3v) is 3.29. The number of nitrogens with one attached hydrogen (secondary N) is 2. The van der Waals surface area contributed by atoms with E-state index in [0.717, 1.165) is 16.5 Å². The molecule has 1 amide bonds. The SMILES string of the molecule is CC(CNC(=O)CCc1ccc2[nH]ccc2c1)C(=O)O. The first-order chi connectivity index (χ1) is 9.56. The number of fused-ring (bicyclic) bond motifs is 1. The molecule has 0 radical (unpaired) electrons. The van der Waals surface area contributed by atoms with Gasteiger partial charge >= 0.3 is 5.97 Å². The predicted molar refractivity (Wildman–Crippen MR) is 76.4 cm³/mol. The van der Waals surface area contributed by atoms with Crippen molar-refractivity contribution < 1.29 is 14.7 Å². The highest BCUT2D eigenvalue weighted by molar-refractivity contribution is 5.80. The van der Waals surface area contributed by atoms with Gasteiger partial charge in [0.2, 0.25) is 5.91 Å².